The molecule has 0 saturated heterocycles. The van der Waals surface area contributed by atoms with Crippen LogP contribution in [0.15, 0.2) is 83.3 Å². The number of amides is 2. The van der Waals surface area contributed by atoms with E-state index in [1.54, 1.807) is 24.3 Å². The predicted molar refractivity (Wildman–Crippen MR) is 125 cm³/mol. The average Bonchev–Trinajstić information content (AvgIpc) is 3.19. The van der Waals surface area contributed by atoms with Crippen molar-refractivity contribution in [2.24, 2.45) is 0 Å². The number of ether oxygens (including phenoxy) is 1. The molecule has 6 heteroatoms. The molecule has 0 saturated carbocycles. The van der Waals surface area contributed by atoms with E-state index in [-0.39, 0.29) is 17.6 Å². The maximum Gasteiger partial charge on any atom is 0.293 e. The molecule has 0 fully saturated rings. The summed E-state index contributed by atoms with van der Waals surface area (Å²) in [5.41, 5.74) is 2.29. The van der Waals surface area contributed by atoms with Crippen molar-refractivity contribution in [1.29, 1.82) is 0 Å². The van der Waals surface area contributed by atoms with Gasteiger partial charge in [0.05, 0.1) is 18.7 Å². The number of hydrogen-bond donors (Lipinski definition) is 2. The number of rotatable bonds is 7. The quantitative estimate of drug-likeness (QED) is 0.388. The first-order chi connectivity index (χ1) is 15.6. The Morgan fingerprint density at radius 2 is 1.59 bits per heavy atom. The minimum absolute atomic E-state index is 0.0355. The van der Waals surface area contributed by atoms with E-state index in [1.807, 2.05) is 61.5 Å². The van der Waals surface area contributed by atoms with Gasteiger partial charge in [0, 0.05) is 5.39 Å². The van der Waals surface area contributed by atoms with Crippen LogP contribution in [0, 0.1) is 0 Å². The van der Waals surface area contributed by atoms with Gasteiger partial charge in [-0.05, 0) is 36.2 Å². The summed E-state index contributed by atoms with van der Waals surface area (Å²) < 4.78 is 11.2. The van der Waals surface area contributed by atoms with Crippen molar-refractivity contribution < 1.29 is 18.7 Å². The van der Waals surface area contributed by atoms with Gasteiger partial charge in [0.2, 0.25) is 11.7 Å². The molecular formula is C26H24N2O4. The average molecular weight is 428 g/mol. The Morgan fingerprint density at radius 1 is 0.906 bits per heavy atom. The fourth-order valence-corrected chi connectivity index (χ4v) is 3.72. The number of carbonyl (C=O) groups is 2. The molecule has 0 bridgehead atoms. The maximum absolute atomic E-state index is 13.2. The lowest BCUT2D eigenvalue weighted by Crippen LogP contribution is -2.22. The number of anilines is 2. The number of furan rings is 1. The summed E-state index contributed by atoms with van der Waals surface area (Å²) in [7, 11) is 1.53. The molecule has 0 aliphatic heterocycles. The lowest BCUT2D eigenvalue weighted by Gasteiger charge is -2.16. The molecule has 1 aromatic heterocycles. The van der Waals surface area contributed by atoms with Crippen LogP contribution in [0.5, 0.6) is 5.75 Å². The summed E-state index contributed by atoms with van der Waals surface area (Å²) in [4.78, 5) is 26.4. The topological polar surface area (TPSA) is 80.6 Å². The van der Waals surface area contributed by atoms with Gasteiger partial charge in [0.15, 0.2) is 0 Å². The number of fused-ring (bicyclic) bond motifs is 1. The highest BCUT2D eigenvalue weighted by atomic mass is 16.5. The Morgan fingerprint density at radius 3 is 2.34 bits per heavy atom. The SMILES string of the molecule is CC[C@H](C(=O)Nc1c(C(=O)Nc2ccccc2OC)oc2ccccc12)c1ccccc1. The van der Waals surface area contributed by atoms with E-state index in [4.69, 9.17) is 9.15 Å². The number of methoxy groups -OCH3 is 1. The third-order valence-corrected chi connectivity index (χ3v) is 5.33. The molecule has 0 radical (unpaired) electrons. The predicted octanol–water partition coefficient (Wildman–Crippen LogP) is 5.83. The molecular weight excluding hydrogens is 404 g/mol. The van der Waals surface area contributed by atoms with Crippen LogP contribution in [0.4, 0.5) is 11.4 Å². The van der Waals surface area contributed by atoms with Gasteiger partial charge in [0.25, 0.3) is 5.91 Å². The third-order valence-electron chi connectivity index (χ3n) is 5.33. The van der Waals surface area contributed by atoms with E-state index in [2.05, 4.69) is 10.6 Å². The zero-order valence-corrected chi connectivity index (χ0v) is 17.9. The van der Waals surface area contributed by atoms with E-state index in [0.717, 1.165) is 5.56 Å². The molecule has 0 unspecified atom stereocenters. The van der Waals surface area contributed by atoms with Crippen molar-refractivity contribution in [3.63, 3.8) is 0 Å². The van der Waals surface area contributed by atoms with Gasteiger partial charge >= 0.3 is 0 Å². The number of hydrogen-bond acceptors (Lipinski definition) is 4. The van der Waals surface area contributed by atoms with E-state index in [1.165, 1.54) is 7.11 Å². The van der Waals surface area contributed by atoms with Crippen LogP contribution in [0.2, 0.25) is 0 Å². The Bertz CT molecular complexity index is 1250. The van der Waals surface area contributed by atoms with Crippen LogP contribution < -0.4 is 15.4 Å². The summed E-state index contributed by atoms with van der Waals surface area (Å²) in [6.45, 7) is 1.96. The minimum atomic E-state index is -0.478. The highest BCUT2D eigenvalue weighted by Gasteiger charge is 2.26. The molecule has 0 aliphatic carbocycles. The van der Waals surface area contributed by atoms with Gasteiger partial charge in [-0.1, -0.05) is 61.5 Å². The van der Waals surface area contributed by atoms with Crippen molar-refractivity contribution in [2.45, 2.75) is 19.3 Å². The molecule has 2 N–H and O–H groups in total. The highest BCUT2D eigenvalue weighted by molar-refractivity contribution is 6.15. The molecule has 1 heterocycles. The van der Waals surface area contributed by atoms with Crippen LogP contribution >= 0.6 is 0 Å². The Hall–Kier alpha value is -4.06. The number of carbonyl (C=O) groups excluding carboxylic acids is 2. The first-order valence-electron chi connectivity index (χ1n) is 10.4. The molecule has 0 spiro atoms. The van der Waals surface area contributed by atoms with Gasteiger partial charge in [-0.25, -0.2) is 0 Å². The summed E-state index contributed by atoms with van der Waals surface area (Å²) in [5.74, 6) is -0.466. The van der Waals surface area contributed by atoms with Gasteiger partial charge < -0.3 is 19.8 Å². The molecule has 0 aliphatic rings. The van der Waals surface area contributed by atoms with E-state index in [9.17, 15) is 9.59 Å². The highest BCUT2D eigenvalue weighted by Crippen LogP contribution is 2.34. The standard InChI is InChI=1S/C26H24N2O4/c1-3-18(17-11-5-4-6-12-17)25(29)28-23-19-13-7-9-15-21(19)32-24(23)26(30)27-20-14-8-10-16-22(20)31-2/h4-16,18H,3H2,1-2H3,(H,27,30)(H,28,29)/t18-/m0/s1. The molecule has 6 nitrogen and oxygen atoms in total. The van der Waals surface area contributed by atoms with Crippen molar-refractivity contribution in [3.05, 3.63) is 90.2 Å². The molecule has 3 aromatic carbocycles. The van der Waals surface area contributed by atoms with Gasteiger partial charge in [0.1, 0.15) is 17.0 Å². The summed E-state index contributed by atoms with van der Waals surface area (Å²) in [5, 5.41) is 6.43. The smallest absolute Gasteiger partial charge is 0.293 e. The normalized spacial score (nSPS) is 11.7. The Labute approximate surface area is 186 Å². The molecule has 162 valence electrons. The van der Waals surface area contributed by atoms with Gasteiger partial charge in [-0.15, -0.1) is 0 Å². The lowest BCUT2D eigenvalue weighted by atomic mass is 9.95. The second-order valence-corrected chi connectivity index (χ2v) is 7.32. The Kier molecular flexibility index (Phi) is 6.22. The first-order valence-corrected chi connectivity index (χ1v) is 10.4. The number of para-hydroxylation sites is 3. The summed E-state index contributed by atoms with van der Waals surface area (Å²) >= 11 is 0. The fourth-order valence-electron chi connectivity index (χ4n) is 3.72. The number of benzene rings is 3. The second-order valence-electron chi connectivity index (χ2n) is 7.32. The van der Waals surface area contributed by atoms with Crippen molar-refractivity contribution >= 4 is 34.2 Å². The van der Waals surface area contributed by atoms with Crippen LogP contribution in [0.3, 0.4) is 0 Å². The van der Waals surface area contributed by atoms with Crippen molar-refractivity contribution in [2.75, 3.05) is 17.7 Å². The van der Waals surface area contributed by atoms with Crippen LogP contribution in [-0.4, -0.2) is 18.9 Å². The number of nitrogens with one attached hydrogen (secondary N) is 2. The molecule has 2 amide bonds. The van der Waals surface area contributed by atoms with Crippen LogP contribution in [-0.2, 0) is 4.79 Å². The largest absolute Gasteiger partial charge is 0.495 e. The Balaban J connectivity index is 1.69. The van der Waals surface area contributed by atoms with Crippen LogP contribution in [0.1, 0.15) is 35.4 Å². The first kappa shape index (κ1) is 21.2. The molecule has 32 heavy (non-hydrogen) atoms. The van der Waals surface area contributed by atoms with E-state index in [0.29, 0.717) is 34.5 Å². The van der Waals surface area contributed by atoms with E-state index < -0.39 is 5.91 Å². The zero-order chi connectivity index (χ0) is 22.5. The maximum atomic E-state index is 13.2. The van der Waals surface area contributed by atoms with Crippen molar-refractivity contribution in [3.8, 4) is 5.75 Å². The molecule has 4 aromatic rings. The monoisotopic (exact) mass is 428 g/mol. The molecule has 4 rings (SSSR count). The molecule has 1 atom stereocenters. The third kappa shape index (κ3) is 4.21. The van der Waals surface area contributed by atoms with Crippen molar-refractivity contribution in [1.82, 2.24) is 0 Å². The fraction of sp³-hybridized carbons (Fsp3) is 0.154. The van der Waals surface area contributed by atoms with Gasteiger partial charge in [-0.2, -0.15) is 0 Å². The van der Waals surface area contributed by atoms with Crippen LogP contribution in [0.25, 0.3) is 11.0 Å². The lowest BCUT2D eigenvalue weighted by molar-refractivity contribution is -0.117. The summed E-state index contributed by atoms with van der Waals surface area (Å²) in [6.07, 6.45) is 0.619. The summed E-state index contributed by atoms with van der Waals surface area (Å²) in [6, 6.07) is 23.9. The van der Waals surface area contributed by atoms with Gasteiger partial charge in [-0.3, -0.25) is 9.59 Å². The zero-order valence-electron chi connectivity index (χ0n) is 17.9. The van der Waals surface area contributed by atoms with E-state index >= 15 is 0 Å². The minimum Gasteiger partial charge on any atom is -0.495 e. The second kappa shape index (κ2) is 9.39.